The lowest BCUT2D eigenvalue weighted by Crippen LogP contribution is -2.32. The highest BCUT2D eigenvalue weighted by Gasteiger charge is 2.34. The third kappa shape index (κ3) is 4.32. The fourth-order valence-electron chi connectivity index (χ4n) is 3.04. The van der Waals surface area contributed by atoms with Gasteiger partial charge in [-0.05, 0) is 36.4 Å². The van der Waals surface area contributed by atoms with Crippen molar-refractivity contribution in [2.75, 3.05) is 16.6 Å². The zero-order valence-electron chi connectivity index (χ0n) is 15.9. The molecule has 0 fully saturated rings. The van der Waals surface area contributed by atoms with Gasteiger partial charge >= 0.3 is 0 Å². The molecule has 0 spiro atoms. The zero-order chi connectivity index (χ0) is 22.0. The van der Waals surface area contributed by atoms with Gasteiger partial charge in [-0.1, -0.05) is 12.1 Å². The van der Waals surface area contributed by atoms with Crippen molar-refractivity contribution in [3.05, 3.63) is 71.2 Å². The second-order valence-electron chi connectivity index (χ2n) is 6.57. The highest BCUT2D eigenvalue weighted by atomic mass is 32.2. The van der Waals surface area contributed by atoms with E-state index in [1.54, 1.807) is 29.6 Å². The molecule has 11 heteroatoms. The number of nitrogens with zero attached hydrogens (tertiary/aromatic N) is 2. The molecule has 0 bridgehead atoms. The van der Waals surface area contributed by atoms with Crippen molar-refractivity contribution in [2.24, 2.45) is 0 Å². The standard InChI is InChI=1S/C20H16N4O5S2/c25-17(9-11-24-18(26)15-3-1-2-4-16(15)19(24)27)22-13-5-7-14(8-6-13)31(28,29)23-20-21-10-12-30-20/h1-8,10,12H,9,11H2,(H,21,23)(H,22,25). The maximum atomic E-state index is 12.3. The third-order valence-electron chi connectivity index (χ3n) is 4.54. The second kappa shape index (κ2) is 8.28. The first-order chi connectivity index (χ1) is 14.8. The van der Waals surface area contributed by atoms with E-state index < -0.39 is 27.7 Å². The van der Waals surface area contributed by atoms with Crippen LogP contribution in [0.15, 0.2) is 65.0 Å². The normalized spacial score (nSPS) is 13.2. The van der Waals surface area contributed by atoms with Crippen LogP contribution in [0.4, 0.5) is 10.8 Å². The van der Waals surface area contributed by atoms with E-state index in [1.165, 1.54) is 30.5 Å². The van der Waals surface area contributed by atoms with Gasteiger partial charge in [-0.2, -0.15) is 0 Å². The molecule has 0 saturated carbocycles. The van der Waals surface area contributed by atoms with Crippen LogP contribution in [0.25, 0.3) is 0 Å². The molecule has 9 nitrogen and oxygen atoms in total. The second-order valence-corrected chi connectivity index (χ2v) is 9.15. The van der Waals surface area contributed by atoms with Crippen LogP contribution in [-0.4, -0.2) is 42.6 Å². The van der Waals surface area contributed by atoms with Crippen molar-refractivity contribution in [3.63, 3.8) is 0 Å². The van der Waals surface area contributed by atoms with Crippen LogP contribution in [0, 0.1) is 0 Å². The molecule has 2 N–H and O–H groups in total. The molecule has 31 heavy (non-hydrogen) atoms. The van der Waals surface area contributed by atoms with E-state index in [4.69, 9.17) is 0 Å². The molecule has 4 rings (SSSR count). The quantitative estimate of drug-likeness (QED) is 0.527. The number of carbonyl (C=O) groups excluding carboxylic acids is 3. The number of nitrogens with one attached hydrogen (secondary N) is 2. The fraction of sp³-hybridized carbons (Fsp3) is 0.100. The van der Waals surface area contributed by atoms with Crippen LogP contribution in [0.3, 0.4) is 0 Å². The summed E-state index contributed by atoms with van der Waals surface area (Å²) in [5.74, 6) is -1.25. The minimum Gasteiger partial charge on any atom is -0.326 e. The van der Waals surface area contributed by atoms with Gasteiger partial charge in [0, 0.05) is 30.2 Å². The minimum atomic E-state index is -3.78. The molecule has 0 saturated heterocycles. The summed E-state index contributed by atoms with van der Waals surface area (Å²) in [5, 5.41) is 4.53. The predicted octanol–water partition coefficient (Wildman–Crippen LogP) is 2.57. The van der Waals surface area contributed by atoms with Crippen LogP contribution in [-0.2, 0) is 14.8 Å². The Labute approximate surface area is 181 Å². The molecular weight excluding hydrogens is 440 g/mol. The summed E-state index contributed by atoms with van der Waals surface area (Å²) in [6.45, 7) is -0.0532. The van der Waals surface area contributed by atoms with Gasteiger partial charge in [0.25, 0.3) is 21.8 Å². The van der Waals surface area contributed by atoms with E-state index >= 15 is 0 Å². The number of hydrogen-bond donors (Lipinski definition) is 2. The molecule has 1 aliphatic rings. The summed E-state index contributed by atoms with van der Waals surface area (Å²) in [4.78, 5) is 41.9. The van der Waals surface area contributed by atoms with Crippen LogP contribution >= 0.6 is 11.3 Å². The number of sulfonamides is 1. The fourth-order valence-corrected chi connectivity index (χ4v) is 4.83. The van der Waals surface area contributed by atoms with Crippen LogP contribution in [0.2, 0.25) is 0 Å². The molecular formula is C20H16N4O5S2. The Kier molecular flexibility index (Phi) is 5.53. The number of hydrogen-bond acceptors (Lipinski definition) is 7. The van der Waals surface area contributed by atoms with E-state index in [1.807, 2.05) is 0 Å². The molecule has 1 aromatic heterocycles. The number of rotatable bonds is 7. The number of aromatic nitrogens is 1. The van der Waals surface area contributed by atoms with Crippen LogP contribution in [0.1, 0.15) is 27.1 Å². The average molecular weight is 457 g/mol. The Morgan fingerprint density at radius 2 is 1.65 bits per heavy atom. The average Bonchev–Trinajstić information content (AvgIpc) is 3.34. The Bertz CT molecular complexity index is 1220. The van der Waals surface area contributed by atoms with E-state index in [0.29, 0.717) is 16.8 Å². The van der Waals surface area contributed by atoms with E-state index in [0.717, 1.165) is 16.2 Å². The first-order valence-corrected chi connectivity index (χ1v) is 11.5. The Balaban J connectivity index is 1.34. The third-order valence-corrected chi connectivity index (χ3v) is 6.72. The van der Waals surface area contributed by atoms with Crippen molar-refractivity contribution < 1.29 is 22.8 Å². The first kappa shape index (κ1) is 20.7. The van der Waals surface area contributed by atoms with E-state index in [9.17, 15) is 22.8 Å². The van der Waals surface area contributed by atoms with Crippen LogP contribution < -0.4 is 10.0 Å². The first-order valence-electron chi connectivity index (χ1n) is 9.12. The van der Waals surface area contributed by atoms with Gasteiger partial charge in [0.05, 0.1) is 16.0 Å². The molecule has 2 aromatic carbocycles. The van der Waals surface area contributed by atoms with Gasteiger partial charge < -0.3 is 5.32 Å². The maximum absolute atomic E-state index is 12.3. The van der Waals surface area contributed by atoms with Gasteiger partial charge in [-0.25, -0.2) is 13.4 Å². The van der Waals surface area contributed by atoms with E-state index in [-0.39, 0.29) is 23.0 Å². The van der Waals surface area contributed by atoms with Crippen molar-refractivity contribution in [3.8, 4) is 0 Å². The molecule has 0 atom stereocenters. The highest BCUT2D eigenvalue weighted by Crippen LogP contribution is 2.23. The smallest absolute Gasteiger partial charge is 0.263 e. The van der Waals surface area contributed by atoms with Crippen LogP contribution in [0.5, 0.6) is 0 Å². The van der Waals surface area contributed by atoms with Crippen molar-refractivity contribution in [2.45, 2.75) is 11.3 Å². The Morgan fingerprint density at radius 3 is 2.23 bits per heavy atom. The molecule has 1 aliphatic heterocycles. The molecule has 2 heterocycles. The molecule has 3 amide bonds. The summed E-state index contributed by atoms with van der Waals surface area (Å²) in [6, 6.07) is 12.1. The van der Waals surface area contributed by atoms with Gasteiger partial charge in [0.1, 0.15) is 0 Å². The molecule has 0 aliphatic carbocycles. The molecule has 0 radical (unpaired) electrons. The summed E-state index contributed by atoms with van der Waals surface area (Å²) in [5.41, 5.74) is 1.05. The zero-order valence-corrected chi connectivity index (χ0v) is 17.6. The highest BCUT2D eigenvalue weighted by molar-refractivity contribution is 7.93. The maximum Gasteiger partial charge on any atom is 0.263 e. The van der Waals surface area contributed by atoms with Gasteiger partial charge in [-0.15, -0.1) is 11.3 Å². The number of fused-ring (bicyclic) bond motifs is 1. The van der Waals surface area contributed by atoms with Gasteiger partial charge in [-0.3, -0.25) is 24.0 Å². The molecule has 3 aromatic rings. The minimum absolute atomic E-state index is 0.0201. The number of carbonyl (C=O) groups is 3. The lowest BCUT2D eigenvalue weighted by molar-refractivity contribution is -0.116. The summed E-state index contributed by atoms with van der Waals surface area (Å²) in [6.07, 6.45) is 1.40. The number of anilines is 2. The monoisotopic (exact) mass is 456 g/mol. The molecule has 0 unspecified atom stereocenters. The predicted molar refractivity (Wildman–Crippen MR) is 114 cm³/mol. The molecule has 158 valence electrons. The summed E-state index contributed by atoms with van der Waals surface area (Å²) < 4.78 is 27.0. The van der Waals surface area contributed by atoms with Crippen molar-refractivity contribution >= 4 is 49.9 Å². The van der Waals surface area contributed by atoms with Gasteiger partial charge in [0.15, 0.2) is 5.13 Å². The lowest BCUT2D eigenvalue weighted by Gasteiger charge is -2.13. The Morgan fingerprint density at radius 1 is 1.00 bits per heavy atom. The van der Waals surface area contributed by atoms with Crippen molar-refractivity contribution in [1.82, 2.24) is 9.88 Å². The SMILES string of the molecule is O=C(CCN1C(=O)c2ccccc2C1=O)Nc1ccc(S(=O)(=O)Nc2nccs2)cc1. The van der Waals surface area contributed by atoms with Gasteiger partial charge in [0.2, 0.25) is 5.91 Å². The van der Waals surface area contributed by atoms with E-state index in [2.05, 4.69) is 15.0 Å². The number of benzene rings is 2. The largest absolute Gasteiger partial charge is 0.326 e. The van der Waals surface area contributed by atoms with Crippen molar-refractivity contribution in [1.29, 1.82) is 0 Å². The lowest BCUT2D eigenvalue weighted by atomic mass is 10.1. The number of thiazole rings is 1. The summed E-state index contributed by atoms with van der Waals surface area (Å²) >= 11 is 1.16. The topological polar surface area (TPSA) is 126 Å². The number of amides is 3. The Hall–Kier alpha value is -3.57. The number of imide groups is 1. The summed E-state index contributed by atoms with van der Waals surface area (Å²) in [7, 11) is -3.78.